The van der Waals surface area contributed by atoms with Crippen LogP contribution in [0.2, 0.25) is 0 Å². The second-order valence-electron chi connectivity index (χ2n) is 7.99. The van der Waals surface area contributed by atoms with Crippen LogP contribution in [0, 0.1) is 11.8 Å². The van der Waals surface area contributed by atoms with Gasteiger partial charge in [0.15, 0.2) is 0 Å². The first-order valence-electron chi connectivity index (χ1n) is 9.90. The Morgan fingerprint density at radius 1 is 1.00 bits per heavy atom. The Balaban J connectivity index is 1.32. The molecule has 0 unspecified atom stereocenters. The molecule has 2 amide bonds. The Hall–Kier alpha value is -1.88. The number of hydrogen-bond acceptors (Lipinski definition) is 3. The number of fused-ring (bicyclic) bond motifs is 4. The quantitative estimate of drug-likeness (QED) is 0.814. The van der Waals surface area contributed by atoms with E-state index in [-0.39, 0.29) is 24.5 Å². The van der Waals surface area contributed by atoms with E-state index in [2.05, 4.69) is 0 Å². The van der Waals surface area contributed by atoms with Crippen LogP contribution in [0.1, 0.15) is 37.7 Å². The lowest BCUT2D eigenvalue weighted by atomic mass is 9.84. The van der Waals surface area contributed by atoms with Gasteiger partial charge in [0.25, 0.3) is 0 Å². The van der Waals surface area contributed by atoms with Gasteiger partial charge in [-0.1, -0.05) is 36.8 Å². The number of amides is 2. The fourth-order valence-electron chi connectivity index (χ4n) is 4.39. The Morgan fingerprint density at radius 2 is 1.81 bits per heavy atom. The van der Waals surface area contributed by atoms with Gasteiger partial charge in [0.05, 0.1) is 6.61 Å². The number of rotatable bonds is 5. The minimum atomic E-state index is 0.0635. The second kappa shape index (κ2) is 7.78. The molecular formula is C21H28N2O3. The van der Waals surface area contributed by atoms with Crippen LogP contribution >= 0.6 is 0 Å². The summed E-state index contributed by atoms with van der Waals surface area (Å²) in [6.07, 6.45) is 5.39. The molecule has 5 rings (SSSR count). The van der Waals surface area contributed by atoms with Crippen molar-refractivity contribution >= 4 is 11.8 Å². The number of carbonyl (C=O) groups excluding carboxylic acids is 2. The van der Waals surface area contributed by atoms with Gasteiger partial charge in [-0.25, -0.2) is 0 Å². The van der Waals surface area contributed by atoms with Crippen LogP contribution in [0.15, 0.2) is 30.3 Å². The molecule has 0 radical (unpaired) electrons. The Morgan fingerprint density at radius 3 is 2.54 bits per heavy atom. The number of nitrogens with zero attached hydrogens (tertiary/aromatic N) is 2. The highest BCUT2D eigenvalue weighted by atomic mass is 16.5. The van der Waals surface area contributed by atoms with Gasteiger partial charge in [-0.05, 0) is 37.2 Å². The van der Waals surface area contributed by atoms with Gasteiger partial charge in [-0.3, -0.25) is 9.59 Å². The molecule has 2 atom stereocenters. The average Bonchev–Trinajstić information content (AvgIpc) is 2.93. The van der Waals surface area contributed by atoms with Gasteiger partial charge < -0.3 is 14.5 Å². The summed E-state index contributed by atoms with van der Waals surface area (Å²) in [5, 5.41) is 0. The second-order valence-corrected chi connectivity index (χ2v) is 7.99. The van der Waals surface area contributed by atoms with Crippen molar-refractivity contribution in [3.05, 3.63) is 35.9 Å². The number of benzene rings is 1. The Kier molecular flexibility index (Phi) is 5.25. The van der Waals surface area contributed by atoms with Crippen LogP contribution in [0.5, 0.6) is 0 Å². The maximum Gasteiger partial charge on any atom is 0.248 e. The summed E-state index contributed by atoms with van der Waals surface area (Å²) in [6, 6.07) is 10.1. The van der Waals surface area contributed by atoms with Crippen LogP contribution in [-0.4, -0.2) is 53.9 Å². The summed E-state index contributed by atoms with van der Waals surface area (Å²) in [7, 11) is 0. The smallest absolute Gasteiger partial charge is 0.248 e. The first-order valence-corrected chi connectivity index (χ1v) is 9.90. The molecule has 5 heteroatoms. The number of piperidine rings is 1. The first-order chi connectivity index (χ1) is 12.7. The van der Waals surface area contributed by atoms with Gasteiger partial charge in [-0.2, -0.15) is 0 Å². The molecule has 1 saturated carbocycles. The lowest BCUT2D eigenvalue weighted by Gasteiger charge is -2.36. The monoisotopic (exact) mass is 356 g/mol. The molecular weight excluding hydrogens is 328 g/mol. The predicted molar refractivity (Wildman–Crippen MR) is 98.2 cm³/mol. The van der Waals surface area contributed by atoms with Crippen LogP contribution in [0.4, 0.5) is 0 Å². The zero-order chi connectivity index (χ0) is 17.9. The molecule has 0 aromatic heterocycles. The number of ether oxygens (including phenoxy) is 1. The summed E-state index contributed by atoms with van der Waals surface area (Å²) in [6.45, 7) is 2.87. The van der Waals surface area contributed by atoms with Crippen molar-refractivity contribution in [2.45, 2.75) is 44.8 Å². The van der Waals surface area contributed by atoms with Crippen LogP contribution in [0.25, 0.3) is 0 Å². The van der Waals surface area contributed by atoms with Crippen molar-refractivity contribution in [2.75, 3.05) is 26.2 Å². The molecule has 4 fully saturated rings. The van der Waals surface area contributed by atoms with Gasteiger partial charge in [0.2, 0.25) is 11.8 Å². The Bertz CT molecular complexity index is 644. The molecule has 26 heavy (non-hydrogen) atoms. The van der Waals surface area contributed by atoms with E-state index < -0.39 is 0 Å². The third-order valence-corrected chi connectivity index (χ3v) is 6.14. The van der Waals surface area contributed by atoms with E-state index in [9.17, 15) is 9.59 Å². The minimum Gasteiger partial charge on any atom is -0.367 e. The molecule has 3 saturated heterocycles. The van der Waals surface area contributed by atoms with Crippen LogP contribution in [0.3, 0.4) is 0 Å². The van der Waals surface area contributed by atoms with Crippen molar-refractivity contribution in [3.8, 4) is 0 Å². The van der Waals surface area contributed by atoms with Crippen LogP contribution in [-0.2, 0) is 20.9 Å². The molecule has 0 spiro atoms. The van der Waals surface area contributed by atoms with E-state index in [0.717, 1.165) is 44.3 Å². The van der Waals surface area contributed by atoms with E-state index in [4.69, 9.17) is 4.74 Å². The summed E-state index contributed by atoms with van der Waals surface area (Å²) >= 11 is 0. The van der Waals surface area contributed by atoms with Gasteiger partial charge in [-0.15, -0.1) is 0 Å². The molecule has 3 heterocycles. The topological polar surface area (TPSA) is 49.9 Å². The summed E-state index contributed by atoms with van der Waals surface area (Å²) in [5.41, 5.74) is 1.08. The Labute approximate surface area is 155 Å². The average molecular weight is 356 g/mol. The predicted octanol–water partition coefficient (Wildman–Crippen LogP) is 2.45. The van der Waals surface area contributed by atoms with E-state index in [1.165, 1.54) is 6.42 Å². The van der Waals surface area contributed by atoms with E-state index in [1.54, 1.807) is 0 Å². The molecule has 140 valence electrons. The zero-order valence-corrected chi connectivity index (χ0v) is 15.3. The molecule has 1 aliphatic carbocycles. The normalized spacial score (nSPS) is 25.7. The van der Waals surface area contributed by atoms with E-state index in [0.29, 0.717) is 25.0 Å². The van der Waals surface area contributed by atoms with E-state index >= 15 is 0 Å². The fraction of sp³-hybridized carbons (Fsp3) is 0.619. The standard InChI is InChI=1S/C21H28N2O3/c24-20(15-26-14-16-5-2-1-3-6-16)23-12-17-9-10-19(23)13-22(11-17)21(25)18-7-4-8-18/h1-3,5-6,17-19H,4,7-15H2/t17-,19+/m1/s1. The van der Waals surface area contributed by atoms with E-state index in [1.807, 2.05) is 40.1 Å². The van der Waals surface area contributed by atoms with Gasteiger partial charge >= 0.3 is 0 Å². The molecule has 1 aromatic rings. The molecule has 5 nitrogen and oxygen atoms in total. The maximum absolute atomic E-state index is 12.7. The summed E-state index contributed by atoms with van der Waals surface area (Å²) < 4.78 is 5.65. The fourth-order valence-corrected chi connectivity index (χ4v) is 4.39. The lowest BCUT2D eigenvalue weighted by Crippen LogP contribution is -2.49. The van der Waals surface area contributed by atoms with Crippen molar-refractivity contribution in [3.63, 3.8) is 0 Å². The molecule has 4 aliphatic rings. The van der Waals surface area contributed by atoms with Crippen LogP contribution < -0.4 is 0 Å². The highest BCUT2D eigenvalue weighted by Gasteiger charge is 2.40. The lowest BCUT2D eigenvalue weighted by molar-refractivity contribution is -0.142. The first kappa shape index (κ1) is 17.5. The van der Waals surface area contributed by atoms with Crippen molar-refractivity contribution in [1.82, 2.24) is 9.80 Å². The van der Waals surface area contributed by atoms with Crippen molar-refractivity contribution < 1.29 is 14.3 Å². The SMILES string of the molecule is O=C(C1CCC1)N1C[C@H]2CC[C@@H](C1)N(C(=O)COCc1ccccc1)C2. The largest absolute Gasteiger partial charge is 0.367 e. The maximum atomic E-state index is 12.7. The third kappa shape index (κ3) is 3.78. The van der Waals surface area contributed by atoms with Crippen molar-refractivity contribution in [1.29, 1.82) is 0 Å². The highest BCUT2D eigenvalue weighted by Crippen LogP contribution is 2.33. The molecule has 0 N–H and O–H groups in total. The number of carbonyl (C=O) groups is 2. The zero-order valence-electron chi connectivity index (χ0n) is 15.3. The summed E-state index contributed by atoms with van der Waals surface area (Å²) in [5.74, 6) is 1.04. The van der Waals surface area contributed by atoms with Crippen molar-refractivity contribution in [2.24, 2.45) is 11.8 Å². The molecule has 1 aromatic carbocycles. The minimum absolute atomic E-state index is 0.0635. The van der Waals surface area contributed by atoms with Gasteiger partial charge in [0.1, 0.15) is 6.61 Å². The summed E-state index contributed by atoms with van der Waals surface area (Å²) in [4.78, 5) is 29.4. The molecule has 3 aliphatic heterocycles. The third-order valence-electron chi connectivity index (χ3n) is 6.14. The number of hydrogen-bond donors (Lipinski definition) is 0. The van der Waals surface area contributed by atoms with Gasteiger partial charge in [0, 0.05) is 31.6 Å². The molecule has 2 bridgehead atoms. The highest BCUT2D eigenvalue weighted by molar-refractivity contribution is 5.81.